The highest BCUT2D eigenvalue weighted by molar-refractivity contribution is 6.40. The molecule has 0 spiro atoms. The fourth-order valence-electron chi connectivity index (χ4n) is 0.824. The van der Waals surface area contributed by atoms with Crippen LogP contribution in [0.25, 0.3) is 0 Å². The molecule has 1 N–H and O–H groups in total. The summed E-state index contributed by atoms with van der Waals surface area (Å²) in [5.41, 5.74) is -0.0432. The topological polar surface area (TPSA) is 87.9 Å². The molecule has 0 aliphatic carbocycles. The van der Waals surface area contributed by atoms with Crippen molar-refractivity contribution < 1.29 is 9.53 Å². The number of carbonyl (C=O) groups is 1. The van der Waals surface area contributed by atoms with Crippen LogP contribution in [0.4, 0.5) is 5.82 Å². The van der Waals surface area contributed by atoms with E-state index in [0.29, 0.717) is 0 Å². The van der Waals surface area contributed by atoms with E-state index in [0.717, 1.165) is 0 Å². The fourth-order valence-corrected chi connectivity index (χ4v) is 1.08. The zero-order valence-corrected chi connectivity index (χ0v) is 9.63. The van der Waals surface area contributed by atoms with Gasteiger partial charge in [0.1, 0.15) is 12.6 Å². The molecule has 1 aromatic rings. The number of ether oxygens (including phenoxy) is 1. The van der Waals surface area contributed by atoms with Crippen molar-refractivity contribution in [2.45, 2.75) is 0 Å². The quantitative estimate of drug-likeness (QED) is 0.823. The molecule has 0 unspecified atom stereocenters. The summed E-state index contributed by atoms with van der Waals surface area (Å²) < 4.78 is 4.41. The van der Waals surface area contributed by atoms with Gasteiger partial charge in [-0.1, -0.05) is 23.2 Å². The zero-order chi connectivity index (χ0) is 12.1. The summed E-state index contributed by atoms with van der Waals surface area (Å²) in [6.45, 7) is -0.141. The number of anilines is 1. The van der Waals surface area contributed by atoms with E-state index in [1.54, 1.807) is 6.07 Å². The summed E-state index contributed by atoms with van der Waals surface area (Å²) in [6, 6.07) is 1.77. The maximum atomic E-state index is 10.9. The number of rotatable bonds is 3. The Bertz CT molecular complexity index is 458. The van der Waals surface area contributed by atoms with E-state index < -0.39 is 5.97 Å². The molecule has 0 bridgehead atoms. The average Bonchev–Trinajstić information content (AvgIpc) is 2.29. The third-order valence-corrected chi connectivity index (χ3v) is 2.17. The Morgan fingerprint density at radius 1 is 1.50 bits per heavy atom. The van der Waals surface area contributed by atoms with Crippen molar-refractivity contribution in [1.82, 2.24) is 9.97 Å². The molecule has 0 aromatic carbocycles. The second kappa shape index (κ2) is 5.49. The van der Waals surface area contributed by atoms with Gasteiger partial charge in [0.2, 0.25) is 0 Å². The summed E-state index contributed by atoms with van der Waals surface area (Å²) in [5, 5.41) is 11.2. The molecule has 1 heterocycles. The largest absolute Gasteiger partial charge is 0.468 e. The number of hydrogen-bond donors (Lipinski definition) is 1. The number of nitrogens with one attached hydrogen (secondary N) is 1. The maximum Gasteiger partial charge on any atom is 0.325 e. The van der Waals surface area contributed by atoms with Gasteiger partial charge in [-0.15, -0.1) is 0 Å². The first-order valence-electron chi connectivity index (χ1n) is 4.02. The van der Waals surface area contributed by atoms with Crippen LogP contribution >= 0.6 is 23.2 Å². The Labute approximate surface area is 101 Å². The van der Waals surface area contributed by atoms with Gasteiger partial charge >= 0.3 is 5.97 Å². The van der Waals surface area contributed by atoms with Gasteiger partial charge in [0, 0.05) is 0 Å². The molecule has 0 saturated heterocycles. The monoisotopic (exact) mass is 260 g/mol. The van der Waals surface area contributed by atoms with E-state index in [1.165, 1.54) is 7.11 Å². The molecule has 1 aromatic heterocycles. The van der Waals surface area contributed by atoms with Gasteiger partial charge in [-0.05, 0) is 0 Å². The Hall–Kier alpha value is -1.58. The minimum atomic E-state index is -0.503. The molecule has 0 aliphatic heterocycles. The predicted octanol–water partition coefficient (Wildman–Crippen LogP) is 1.24. The smallest absolute Gasteiger partial charge is 0.325 e. The highest BCUT2D eigenvalue weighted by Gasteiger charge is 2.11. The summed E-state index contributed by atoms with van der Waals surface area (Å²) >= 11 is 11.2. The first-order chi connectivity index (χ1) is 7.58. The van der Waals surface area contributed by atoms with E-state index in [2.05, 4.69) is 20.0 Å². The Balaban J connectivity index is 2.91. The number of methoxy groups -OCH3 is 1. The van der Waals surface area contributed by atoms with E-state index in [9.17, 15) is 4.79 Å². The normalized spacial score (nSPS) is 9.38. The first-order valence-corrected chi connectivity index (χ1v) is 4.78. The van der Waals surface area contributed by atoms with E-state index >= 15 is 0 Å². The molecule has 84 valence electrons. The third kappa shape index (κ3) is 2.95. The number of nitriles is 1. The van der Waals surface area contributed by atoms with Crippen molar-refractivity contribution >= 4 is 35.0 Å². The molecule has 6 nitrogen and oxygen atoms in total. The van der Waals surface area contributed by atoms with Crippen LogP contribution < -0.4 is 5.32 Å². The number of nitrogens with zero attached hydrogens (tertiary/aromatic N) is 3. The third-order valence-electron chi connectivity index (χ3n) is 1.55. The van der Waals surface area contributed by atoms with Gasteiger partial charge < -0.3 is 10.1 Å². The molecular formula is C8H6Cl2N4O2. The van der Waals surface area contributed by atoms with Crippen LogP contribution in [0, 0.1) is 11.3 Å². The number of carbonyl (C=O) groups excluding carboxylic acids is 1. The molecule has 0 aliphatic rings. The Morgan fingerprint density at radius 2 is 2.12 bits per heavy atom. The van der Waals surface area contributed by atoms with Crippen molar-refractivity contribution in [3.05, 3.63) is 16.0 Å². The van der Waals surface area contributed by atoms with Gasteiger partial charge in [0.05, 0.1) is 7.11 Å². The summed E-state index contributed by atoms with van der Waals surface area (Å²) in [4.78, 5) is 18.3. The van der Waals surface area contributed by atoms with Gasteiger partial charge in [-0.25, -0.2) is 9.97 Å². The molecular weight excluding hydrogens is 255 g/mol. The van der Waals surface area contributed by atoms with Crippen LogP contribution in [0.15, 0.2) is 0 Å². The predicted molar refractivity (Wildman–Crippen MR) is 57.3 cm³/mol. The standard InChI is InChI=1S/C8H6Cl2N4O2/c1-16-5(15)3-12-8-4(2-11)13-6(9)7(10)14-8/h3H2,1H3,(H,12,14). The number of halogens is 2. The minimum absolute atomic E-state index is 0.0432. The van der Waals surface area contributed by atoms with Crippen molar-refractivity contribution in [3.63, 3.8) is 0 Å². The van der Waals surface area contributed by atoms with Crippen LogP contribution in [0.1, 0.15) is 5.69 Å². The SMILES string of the molecule is COC(=O)CNc1nc(Cl)c(Cl)nc1C#N. The second-order valence-electron chi connectivity index (χ2n) is 2.54. The molecule has 1 rings (SSSR count). The first kappa shape index (κ1) is 12.5. The molecule has 16 heavy (non-hydrogen) atoms. The molecule has 8 heteroatoms. The van der Waals surface area contributed by atoms with Crippen LogP contribution in [0.5, 0.6) is 0 Å². The van der Waals surface area contributed by atoms with Gasteiger partial charge in [0.15, 0.2) is 21.8 Å². The van der Waals surface area contributed by atoms with E-state index in [-0.39, 0.29) is 28.4 Å². The Kier molecular flexibility index (Phi) is 4.28. The van der Waals surface area contributed by atoms with Crippen molar-refractivity contribution in [1.29, 1.82) is 5.26 Å². The second-order valence-corrected chi connectivity index (χ2v) is 3.26. The summed E-state index contributed by atoms with van der Waals surface area (Å²) in [6.07, 6.45) is 0. The summed E-state index contributed by atoms with van der Waals surface area (Å²) in [5.74, 6) is -0.418. The van der Waals surface area contributed by atoms with Crippen LogP contribution in [-0.2, 0) is 9.53 Å². The molecule has 0 saturated carbocycles. The van der Waals surface area contributed by atoms with Crippen LogP contribution in [0.2, 0.25) is 10.3 Å². The minimum Gasteiger partial charge on any atom is -0.468 e. The highest BCUT2D eigenvalue weighted by Crippen LogP contribution is 2.21. The number of hydrogen-bond acceptors (Lipinski definition) is 6. The lowest BCUT2D eigenvalue weighted by Crippen LogP contribution is -2.17. The van der Waals surface area contributed by atoms with Crippen LogP contribution in [-0.4, -0.2) is 29.6 Å². The van der Waals surface area contributed by atoms with Crippen molar-refractivity contribution in [3.8, 4) is 6.07 Å². The van der Waals surface area contributed by atoms with Gasteiger partial charge in [0.25, 0.3) is 0 Å². The van der Waals surface area contributed by atoms with E-state index in [4.69, 9.17) is 28.5 Å². The lowest BCUT2D eigenvalue weighted by atomic mass is 10.4. The average molecular weight is 261 g/mol. The molecule has 0 atom stereocenters. The molecule has 0 radical (unpaired) electrons. The van der Waals surface area contributed by atoms with Crippen molar-refractivity contribution in [2.24, 2.45) is 0 Å². The Morgan fingerprint density at radius 3 is 2.69 bits per heavy atom. The van der Waals surface area contributed by atoms with Crippen LogP contribution in [0.3, 0.4) is 0 Å². The molecule has 0 amide bonds. The molecule has 0 fully saturated rings. The van der Waals surface area contributed by atoms with E-state index in [1.807, 2.05) is 0 Å². The van der Waals surface area contributed by atoms with Gasteiger partial charge in [-0.2, -0.15) is 5.26 Å². The highest BCUT2D eigenvalue weighted by atomic mass is 35.5. The lowest BCUT2D eigenvalue weighted by molar-refractivity contribution is -0.138. The maximum absolute atomic E-state index is 10.9. The lowest BCUT2D eigenvalue weighted by Gasteiger charge is -2.06. The van der Waals surface area contributed by atoms with Crippen molar-refractivity contribution in [2.75, 3.05) is 19.0 Å². The van der Waals surface area contributed by atoms with Gasteiger partial charge in [-0.3, -0.25) is 4.79 Å². The number of aromatic nitrogens is 2. The zero-order valence-electron chi connectivity index (χ0n) is 8.12. The number of esters is 1. The fraction of sp³-hybridized carbons (Fsp3) is 0.250. The summed E-state index contributed by atoms with van der Waals surface area (Å²) in [7, 11) is 1.25.